The summed E-state index contributed by atoms with van der Waals surface area (Å²) in [6, 6.07) is 9.30. The number of hydrogen-bond acceptors (Lipinski definition) is 6. The van der Waals surface area contributed by atoms with Gasteiger partial charge in [-0.05, 0) is 55.0 Å². The Balaban J connectivity index is 1.84. The van der Waals surface area contributed by atoms with Gasteiger partial charge in [0.25, 0.3) is 0 Å². The first-order valence-corrected chi connectivity index (χ1v) is 13.1. The molecule has 3 aromatic rings. The summed E-state index contributed by atoms with van der Waals surface area (Å²) >= 11 is 1.28. The number of anilines is 1. The minimum atomic E-state index is -3.39. The lowest BCUT2D eigenvalue weighted by Crippen LogP contribution is -2.28. The SMILES string of the molecule is CCC(CC)(c1csc(NS(=O)(=O)C2CC2)n1)c1cc(C(N)=O)ccc1-c1cccnc1. The van der Waals surface area contributed by atoms with Gasteiger partial charge in [0.2, 0.25) is 15.9 Å². The van der Waals surface area contributed by atoms with Crippen LogP contribution in [0.2, 0.25) is 0 Å². The largest absolute Gasteiger partial charge is 0.366 e. The van der Waals surface area contributed by atoms with E-state index in [-0.39, 0.29) is 5.25 Å². The van der Waals surface area contributed by atoms with E-state index in [1.807, 2.05) is 29.6 Å². The molecule has 0 bridgehead atoms. The summed E-state index contributed by atoms with van der Waals surface area (Å²) in [5.41, 5.74) is 9.06. The zero-order valence-electron chi connectivity index (χ0n) is 18.0. The third-order valence-corrected chi connectivity index (χ3v) is 8.90. The van der Waals surface area contributed by atoms with Gasteiger partial charge in [-0.1, -0.05) is 26.0 Å². The molecule has 0 atom stereocenters. The fourth-order valence-corrected chi connectivity index (χ4v) is 6.53. The van der Waals surface area contributed by atoms with Gasteiger partial charge in [-0.3, -0.25) is 14.5 Å². The molecular weight excluding hydrogens is 444 g/mol. The van der Waals surface area contributed by atoms with Crippen LogP contribution in [0.15, 0.2) is 48.1 Å². The summed E-state index contributed by atoms with van der Waals surface area (Å²) in [5, 5.41) is 1.95. The predicted molar refractivity (Wildman–Crippen MR) is 127 cm³/mol. The quantitative estimate of drug-likeness (QED) is 0.483. The molecule has 0 spiro atoms. The van der Waals surface area contributed by atoms with E-state index >= 15 is 0 Å². The molecule has 1 aliphatic carbocycles. The Morgan fingerprint density at radius 2 is 2.00 bits per heavy atom. The van der Waals surface area contributed by atoms with E-state index in [4.69, 9.17) is 10.7 Å². The van der Waals surface area contributed by atoms with Crippen molar-refractivity contribution < 1.29 is 13.2 Å². The summed E-state index contributed by atoms with van der Waals surface area (Å²) in [6.45, 7) is 4.14. The van der Waals surface area contributed by atoms with Crippen molar-refractivity contribution in [1.29, 1.82) is 0 Å². The molecule has 168 valence electrons. The second-order valence-electron chi connectivity index (χ2n) is 8.04. The molecule has 9 heteroatoms. The smallest absolute Gasteiger partial charge is 0.248 e. The molecule has 4 rings (SSSR count). The Morgan fingerprint density at radius 1 is 1.25 bits per heavy atom. The average molecular weight is 471 g/mol. The van der Waals surface area contributed by atoms with Crippen LogP contribution >= 0.6 is 11.3 Å². The highest BCUT2D eigenvalue weighted by Crippen LogP contribution is 2.44. The number of benzene rings is 1. The average Bonchev–Trinajstić information content (AvgIpc) is 3.57. The zero-order valence-corrected chi connectivity index (χ0v) is 19.7. The van der Waals surface area contributed by atoms with Crippen LogP contribution in [0.3, 0.4) is 0 Å². The van der Waals surface area contributed by atoms with E-state index in [2.05, 4.69) is 23.6 Å². The molecule has 3 N–H and O–H groups in total. The number of carbonyl (C=O) groups is 1. The summed E-state index contributed by atoms with van der Waals surface area (Å²) in [6.07, 6.45) is 6.29. The summed E-state index contributed by atoms with van der Waals surface area (Å²) in [5.74, 6) is -0.499. The van der Waals surface area contributed by atoms with Gasteiger partial charge >= 0.3 is 0 Å². The maximum atomic E-state index is 12.4. The van der Waals surface area contributed by atoms with Crippen LogP contribution in [0.1, 0.15) is 61.1 Å². The first kappa shape index (κ1) is 22.4. The minimum Gasteiger partial charge on any atom is -0.366 e. The summed E-state index contributed by atoms with van der Waals surface area (Å²) in [7, 11) is -3.39. The molecule has 2 heterocycles. The normalized spacial score (nSPS) is 14.3. The molecule has 0 aliphatic heterocycles. The second kappa shape index (κ2) is 8.63. The van der Waals surface area contributed by atoms with Crippen LogP contribution in [0, 0.1) is 0 Å². The number of rotatable bonds is 9. The third-order valence-electron chi connectivity index (χ3n) is 6.19. The topological polar surface area (TPSA) is 115 Å². The van der Waals surface area contributed by atoms with Crippen LogP contribution in [0.4, 0.5) is 5.13 Å². The third kappa shape index (κ3) is 4.14. The summed E-state index contributed by atoms with van der Waals surface area (Å²) < 4.78 is 27.4. The molecule has 1 aliphatic rings. The number of amides is 1. The van der Waals surface area contributed by atoms with Gasteiger partial charge < -0.3 is 5.73 Å². The van der Waals surface area contributed by atoms with E-state index in [9.17, 15) is 13.2 Å². The zero-order chi connectivity index (χ0) is 22.9. The van der Waals surface area contributed by atoms with E-state index in [1.165, 1.54) is 11.3 Å². The van der Waals surface area contributed by atoms with Crippen molar-refractivity contribution in [3.05, 3.63) is 64.9 Å². The number of pyridine rings is 1. The molecule has 32 heavy (non-hydrogen) atoms. The fraction of sp³-hybridized carbons (Fsp3) is 0.348. The van der Waals surface area contributed by atoms with Crippen LogP contribution in [-0.4, -0.2) is 29.5 Å². The number of thiazole rings is 1. The number of nitrogens with zero attached hydrogens (tertiary/aromatic N) is 2. The molecule has 1 aromatic carbocycles. The molecule has 1 amide bonds. The standard InChI is InChI=1S/C23H26N4O3S2/c1-3-23(4-2,20-14-31-22(26-20)27-32(29,30)17-8-9-17)19-12-15(21(24)28)7-10-18(19)16-6-5-11-25-13-16/h5-7,10-14,17H,3-4,8-9H2,1-2H3,(H2,24,28)(H,26,27). The van der Waals surface area contributed by atoms with Gasteiger partial charge in [-0.2, -0.15) is 0 Å². The van der Waals surface area contributed by atoms with Gasteiger partial charge in [0.1, 0.15) is 0 Å². The molecule has 0 unspecified atom stereocenters. The predicted octanol–water partition coefficient (Wildman–Crippen LogP) is 4.31. The van der Waals surface area contributed by atoms with Crippen LogP contribution in [-0.2, 0) is 15.4 Å². The fourth-order valence-electron chi connectivity index (χ4n) is 4.12. The maximum absolute atomic E-state index is 12.4. The lowest BCUT2D eigenvalue weighted by atomic mass is 9.70. The van der Waals surface area contributed by atoms with E-state index in [1.54, 1.807) is 18.5 Å². The maximum Gasteiger partial charge on any atom is 0.248 e. The van der Waals surface area contributed by atoms with Crippen molar-refractivity contribution in [2.45, 2.75) is 50.2 Å². The van der Waals surface area contributed by atoms with Crippen molar-refractivity contribution in [1.82, 2.24) is 9.97 Å². The van der Waals surface area contributed by atoms with Gasteiger partial charge in [-0.15, -0.1) is 11.3 Å². The van der Waals surface area contributed by atoms with Crippen molar-refractivity contribution in [2.24, 2.45) is 5.73 Å². The second-order valence-corrected chi connectivity index (χ2v) is 10.9. The number of nitrogens with two attached hydrogens (primary N) is 1. The van der Waals surface area contributed by atoms with Crippen molar-refractivity contribution in [3.8, 4) is 11.1 Å². The Labute approximate surface area is 192 Å². The molecule has 1 fully saturated rings. The van der Waals surface area contributed by atoms with Crippen LogP contribution in [0.5, 0.6) is 0 Å². The number of aromatic nitrogens is 2. The highest BCUT2D eigenvalue weighted by Gasteiger charge is 2.38. The first-order valence-electron chi connectivity index (χ1n) is 10.6. The van der Waals surface area contributed by atoms with E-state index < -0.39 is 21.3 Å². The Hall–Kier alpha value is -2.78. The molecule has 0 radical (unpaired) electrons. The van der Waals surface area contributed by atoms with Gasteiger partial charge in [0, 0.05) is 34.3 Å². The number of sulfonamides is 1. The summed E-state index contributed by atoms with van der Waals surface area (Å²) in [4.78, 5) is 20.9. The minimum absolute atomic E-state index is 0.318. The van der Waals surface area contributed by atoms with E-state index in [0.29, 0.717) is 36.4 Å². The number of primary amides is 1. The van der Waals surface area contributed by atoms with Crippen molar-refractivity contribution >= 4 is 32.4 Å². The first-order chi connectivity index (χ1) is 15.3. The van der Waals surface area contributed by atoms with Gasteiger partial charge in [0.05, 0.1) is 10.9 Å². The Morgan fingerprint density at radius 3 is 2.59 bits per heavy atom. The Bertz CT molecular complexity index is 1230. The van der Waals surface area contributed by atoms with Crippen molar-refractivity contribution in [3.63, 3.8) is 0 Å². The Kier molecular flexibility index (Phi) is 6.05. The van der Waals surface area contributed by atoms with Crippen molar-refractivity contribution in [2.75, 3.05) is 4.72 Å². The lowest BCUT2D eigenvalue weighted by Gasteiger charge is -2.33. The molecule has 1 saturated carbocycles. The lowest BCUT2D eigenvalue weighted by molar-refractivity contribution is 0.1000. The highest BCUT2D eigenvalue weighted by molar-refractivity contribution is 7.93. The molecular formula is C23H26N4O3S2. The monoisotopic (exact) mass is 470 g/mol. The van der Waals surface area contributed by atoms with Crippen LogP contribution in [0.25, 0.3) is 11.1 Å². The molecule has 7 nitrogen and oxygen atoms in total. The number of nitrogens with one attached hydrogen (secondary N) is 1. The highest BCUT2D eigenvalue weighted by atomic mass is 32.2. The number of hydrogen-bond donors (Lipinski definition) is 2. The van der Waals surface area contributed by atoms with Crippen LogP contribution < -0.4 is 10.5 Å². The number of carbonyl (C=O) groups excluding carboxylic acids is 1. The van der Waals surface area contributed by atoms with Gasteiger partial charge in [-0.25, -0.2) is 13.4 Å². The molecule has 0 saturated heterocycles. The van der Waals surface area contributed by atoms with Gasteiger partial charge in [0.15, 0.2) is 5.13 Å². The van der Waals surface area contributed by atoms with E-state index in [0.717, 1.165) is 22.4 Å². The molecule has 2 aromatic heterocycles.